The molecule has 0 bridgehead atoms. The normalized spacial score (nSPS) is 8.45. The maximum absolute atomic E-state index is 2.08. The Hall–Kier alpha value is 0.0634. The molecule has 0 N–H and O–H groups in total. The Kier molecular flexibility index (Phi) is 10.1. The summed E-state index contributed by atoms with van der Waals surface area (Å²) >= 11 is 0. The molecule has 0 fully saturated rings. The van der Waals surface area contributed by atoms with E-state index in [0.717, 1.165) is 0 Å². The van der Waals surface area contributed by atoms with E-state index in [1.807, 2.05) is 31.2 Å². The number of hydrogen-bond acceptors (Lipinski definition) is 0. The first-order valence-electron chi connectivity index (χ1n) is 3.11. The van der Waals surface area contributed by atoms with Gasteiger partial charge >= 0.3 is 0 Å². The van der Waals surface area contributed by atoms with Gasteiger partial charge in [-0.15, -0.1) is 0 Å². The van der Waals surface area contributed by atoms with Gasteiger partial charge in [-0.1, -0.05) is 42.5 Å². The fourth-order valence-electron chi connectivity index (χ4n) is 0.757. The van der Waals surface area contributed by atoms with Crippen LogP contribution in [-0.2, 0) is 19.5 Å². The molecule has 1 aromatic rings. The van der Waals surface area contributed by atoms with Gasteiger partial charge in [-0.2, -0.15) is 0 Å². The largest absolute Gasteiger partial charge is 1.00 e. The fourth-order valence-corrected chi connectivity index (χ4v) is 0.757. The molecule has 0 aromatic heterocycles. The van der Waals surface area contributed by atoms with Crippen LogP contribution in [0.3, 0.4) is 0 Å². The van der Waals surface area contributed by atoms with Crippen LogP contribution in [0.1, 0.15) is 12.5 Å². The molecule has 0 atom stereocenters. The average molecular weight is 263 g/mol. The number of halogens is 1. The zero-order valence-electron chi connectivity index (χ0n) is 6.63. The minimum Gasteiger partial charge on any atom is -1.00 e. The molecule has 0 aliphatic carbocycles. The van der Waals surface area contributed by atoms with Crippen molar-refractivity contribution < 1.29 is 36.5 Å². The standard InChI is InChI=1S/C9H10.BrH.Zn/c1-2-6-9-7-4-3-5-8-9;;/h2-8H,1H3;1H;/p-1/b6-2+;;. The van der Waals surface area contributed by atoms with E-state index in [2.05, 4.69) is 18.2 Å². The van der Waals surface area contributed by atoms with Crippen LogP contribution in [0.25, 0.3) is 6.08 Å². The van der Waals surface area contributed by atoms with E-state index in [-0.39, 0.29) is 36.5 Å². The monoisotopic (exact) mass is 261 g/mol. The molecule has 2 heteroatoms. The first kappa shape index (κ1) is 13.6. The van der Waals surface area contributed by atoms with Crippen LogP contribution in [0.2, 0.25) is 0 Å². The average Bonchev–Trinajstić information content (AvgIpc) is 1.91. The van der Waals surface area contributed by atoms with E-state index in [1.165, 1.54) is 5.56 Å². The molecule has 0 unspecified atom stereocenters. The topological polar surface area (TPSA) is 0 Å². The summed E-state index contributed by atoms with van der Waals surface area (Å²) in [5.74, 6) is 0. The summed E-state index contributed by atoms with van der Waals surface area (Å²) in [6.45, 7) is 2.02. The van der Waals surface area contributed by atoms with Crippen LogP contribution in [0.4, 0.5) is 0 Å². The van der Waals surface area contributed by atoms with Gasteiger partial charge in [0.1, 0.15) is 0 Å². The van der Waals surface area contributed by atoms with Crippen molar-refractivity contribution in [2.75, 3.05) is 0 Å². The van der Waals surface area contributed by atoms with E-state index < -0.39 is 0 Å². The Morgan fingerprint density at radius 2 is 1.64 bits per heavy atom. The van der Waals surface area contributed by atoms with Gasteiger partial charge in [0.15, 0.2) is 0 Å². The van der Waals surface area contributed by atoms with Gasteiger partial charge in [0.25, 0.3) is 0 Å². The van der Waals surface area contributed by atoms with Gasteiger partial charge in [-0.05, 0) is 12.5 Å². The van der Waals surface area contributed by atoms with Gasteiger partial charge in [0.05, 0.1) is 0 Å². The van der Waals surface area contributed by atoms with Gasteiger partial charge in [0, 0.05) is 19.5 Å². The quantitative estimate of drug-likeness (QED) is 0.612. The van der Waals surface area contributed by atoms with Crippen molar-refractivity contribution in [2.24, 2.45) is 0 Å². The van der Waals surface area contributed by atoms with Crippen molar-refractivity contribution in [3.05, 3.63) is 42.0 Å². The van der Waals surface area contributed by atoms with E-state index in [9.17, 15) is 0 Å². The second kappa shape index (κ2) is 8.16. The van der Waals surface area contributed by atoms with Crippen LogP contribution < -0.4 is 17.0 Å². The smallest absolute Gasteiger partial charge is 0 e. The molecule has 11 heavy (non-hydrogen) atoms. The molecular weight excluding hydrogens is 253 g/mol. The predicted molar refractivity (Wildman–Crippen MR) is 41.2 cm³/mol. The Morgan fingerprint density at radius 3 is 2.09 bits per heavy atom. The molecule has 1 rings (SSSR count). The van der Waals surface area contributed by atoms with Crippen LogP contribution in [0.5, 0.6) is 0 Å². The third kappa shape index (κ3) is 5.35. The minimum absolute atomic E-state index is 0. The molecule has 0 spiro atoms. The number of allylic oxidation sites excluding steroid dienone is 1. The van der Waals surface area contributed by atoms with Crippen molar-refractivity contribution in [1.29, 1.82) is 0 Å². The molecule has 0 saturated carbocycles. The molecule has 0 amide bonds. The molecule has 0 saturated heterocycles. The Labute approximate surface area is 91.2 Å². The Bertz CT molecular complexity index is 194. The summed E-state index contributed by atoms with van der Waals surface area (Å²) in [6, 6.07) is 10.3. The summed E-state index contributed by atoms with van der Waals surface area (Å²) in [5, 5.41) is 0. The molecule has 0 nitrogen and oxygen atoms in total. The zero-order valence-corrected chi connectivity index (χ0v) is 11.2. The minimum atomic E-state index is 0. The van der Waals surface area contributed by atoms with Gasteiger partial charge in [-0.3, -0.25) is 0 Å². The van der Waals surface area contributed by atoms with Crippen LogP contribution in [-0.4, -0.2) is 0 Å². The van der Waals surface area contributed by atoms with E-state index in [0.29, 0.717) is 0 Å². The van der Waals surface area contributed by atoms with E-state index >= 15 is 0 Å². The SMILES string of the molecule is C/C=C/c1ccccc1.[Br-].[Zn]. The van der Waals surface area contributed by atoms with Crippen LogP contribution >= 0.6 is 0 Å². The fraction of sp³-hybridized carbons (Fsp3) is 0.111. The van der Waals surface area contributed by atoms with Crippen molar-refractivity contribution >= 4 is 6.08 Å². The summed E-state index contributed by atoms with van der Waals surface area (Å²) in [5.41, 5.74) is 1.26. The van der Waals surface area contributed by atoms with Gasteiger partial charge in [-0.25, -0.2) is 0 Å². The first-order valence-corrected chi connectivity index (χ1v) is 3.11. The number of benzene rings is 1. The maximum Gasteiger partial charge on any atom is 0 e. The molecule has 0 aliphatic rings. The van der Waals surface area contributed by atoms with E-state index in [1.54, 1.807) is 0 Å². The molecular formula is C9H10BrZn-. The van der Waals surface area contributed by atoms with Crippen LogP contribution in [0.15, 0.2) is 36.4 Å². The number of rotatable bonds is 1. The maximum atomic E-state index is 2.08. The third-order valence-corrected chi connectivity index (χ3v) is 1.16. The predicted octanol–water partition coefficient (Wildman–Crippen LogP) is -0.279. The molecule has 56 valence electrons. The Balaban J connectivity index is 0. The Morgan fingerprint density at radius 1 is 1.09 bits per heavy atom. The molecule has 0 heterocycles. The van der Waals surface area contributed by atoms with Crippen molar-refractivity contribution in [2.45, 2.75) is 6.92 Å². The molecule has 0 aliphatic heterocycles. The molecule has 1 aromatic carbocycles. The van der Waals surface area contributed by atoms with Gasteiger partial charge < -0.3 is 17.0 Å². The van der Waals surface area contributed by atoms with E-state index in [4.69, 9.17) is 0 Å². The zero-order chi connectivity index (χ0) is 6.53. The van der Waals surface area contributed by atoms with Crippen molar-refractivity contribution in [3.8, 4) is 0 Å². The second-order valence-electron chi connectivity index (χ2n) is 1.91. The second-order valence-corrected chi connectivity index (χ2v) is 1.91. The number of hydrogen-bond donors (Lipinski definition) is 0. The van der Waals surface area contributed by atoms with Gasteiger partial charge in [0.2, 0.25) is 0 Å². The molecule has 0 radical (unpaired) electrons. The summed E-state index contributed by atoms with van der Waals surface area (Å²) < 4.78 is 0. The van der Waals surface area contributed by atoms with Crippen LogP contribution in [0, 0.1) is 0 Å². The summed E-state index contributed by atoms with van der Waals surface area (Å²) in [7, 11) is 0. The summed E-state index contributed by atoms with van der Waals surface area (Å²) in [6.07, 6.45) is 4.12. The van der Waals surface area contributed by atoms with Crippen molar-refractivity contribution in [1.82, 2.24) is 0 Å². The third-order valence-electron chi connectivity index (χ3n) is 1.16. The first-order chi connectivity index (χ1) is 4.43. The van der Waals surface area contributed by atoms with Crippen molar-refractivity contribution in [3.63, 3.8) is 0 Å². The summed E-state index contributed by atoms with van der Waals surface area (Å²) in [4.78, 5) is 0.